The largest absolute Gasteiger partial charge is 0.397 e. The van der Waals surface area contributed by atoms with Gasteiger partial charge >= 0.3 is 0 Å². The first kappa shape index (κ1) is 20.4. The van der Waals surface area contributed by atoms with E-state index >= 15 is 0 Å². The summed E-state index contributed by atoms with van der Waals surface area (Å²) >= 11 is 9.89. The van der Waals surface area contributed by atoms with Crippen LogP contribution < -0.4 is 16.5 Å². The van der Waals surface area contributed by atoms with Crippen LogP contribution in [0.4, 0.5) is 17.1 Å². The van der Waals surface area contributed by atoms with Gasteiger partial charge in [-0.1, -0.05) is 27.5 Å². The number of hydrogen-bond donors (Lipinski definition) is 4. The summed E-state index contributed by atoms with van der Waals surface area (Å²) in [4.78, 5) is 22.3. The molecule has 3 rings (SSSR count). The molecule has 1 aromatic carbocycles. The number of imidazole rings is 1. The maximum atomic E-state index is 12.8. The highest BCUT2D eigenvalue weighted by Gasteiger charge is 2.23. The van der Waals surface area contributed by atoms with Gasteiger partial charge in [0.2, 0.25) is 0 Å². The third-order valence-electron chi connectivity index (χ3n) is 3.94. The van der Waals surface area contributed by atoms with Crippen LogP contribution in [0.3, 0.4) is 0 Å². The fraction of sp³-hybridized carbons (Fsp3) is 0.222. The molecule has 8 nitrogen and oxygen atoms in total. The number of hydroxylamine groups is 1. The van der Waals surface area contributed by atoms with Gasteiger partial charge in [-0.2, -0.15) is 0 Å². The van der Waals surface area contributed by atoms with Crippen molar-refractivity contribution in [1.82, 2.24) is 14.9 Å². The minimum atomic E-state index is -0.942. The number of nitrogens with two attached hydrogens (primary N) is 1. The quantitative estimate of drug-likeness (QED) is 0.325. The number of rotatable bonds is 6. The Labute approximate surface area is 174 Å². The Morgan fingerprint density at radius 2 is 2.21 bits per heavy atom. The number of halogens is 2. The van der Waals surface area contributed by atoms with Crippen molar-refractivity contribution in [2.75, 3.05) is 17.7 Å². The molecule has 2 heterocycles. The Morgan fingerprint density at radius 1 is 1.46 bits per heavy atom. The van der Waals surface area contributed by atoms with Crippen LogP contribution in [0.25, 0.3) is 5.65 Å². The number of nitrogens with zero attached hydrogens (tertiary/aromatic N) is 2. The number of aliphatic hydroxyl groups excluding tert-OH is 1. The Bertz CT molecular complexity index is 1040. The number of nitrogens with one attached hydrogen (secondary N) is 2. The van der Waals surface area contributed by atoms with Gasteiger partial charge in [0.05, 0.1) is 29.2 Å². The molecule has 0 bridgehead atoms. The second-order valence-electron chi connectivity index (χ2n) is 6.70. The van der Waals surface area contributed by atoms with Crippen molar-refractivity contribution in [3.05, 3.63) is 51.8 Å². The Balaban J connectivity index is 2.03. The van der Waals surface area contributed by atoms with Gasteiger partial charge in [0.15, 0.2) is 5.65 Å². The minimum Gasteiger partial charge on any atom is -0.397 e. The monoisotopic (exact) mass is 467 g/mol. The summed E-state index contributed by atoms with van der Waals surface area (Å²) in [5.74, 6) is -0.544. The van der Waals surface area contributed by atoms with Crippen LogP contribution in [-0.4, -0.2) is 32.6 Å². The molecule has 148 valence electrons. The molecular formula is C18H19BrClN5O3. The van der Waals surface area contributed by atoms with E-state index in [0.717, 1.165) is 4.47 Å². The fourth-order valence-electron chi connectivity index (χ4n) is 2.37. The molecule has 3 aromatic rings. The van der Waals surface area contributed by atoms with Gasteiger partial charge in [-0.15, -0.1) is 0 Å². The second kappa shape index (κ2) is 7.96. The van der Waals surface area contributed by atoms with Crippen LogP contribution in [0.1, 0.15) is 24.2 Å². The molecule has 0 aliphatic rings. The molecule has 5 N–H and O–H groups in total. The van der Waals surface area contributed by atoms with E-state index < -0.39 is 11.5 Å². The van der Waals surface area contributed by atoms with Crippen LogP contribution in [0.2, 0.25) is 5.02 Å². The van der Waals surface area contributed by atoms with Crippen molar-refractivity contribution in [1.29, 1.82) is 0 Å². The third kappa shape index (κ3) is 4.22. The first-order chi connectivity index (χ1) is 13.2. The van der Waals surface area contributed by atoms with Gasteiger partial charge in [-0.25, -0.2) is 10.5 Å². The summed E-state index contributed by atoms with van der Waals surface area (Å²) in [7, 11) is 0. The zero-order valence-electron chi connectivity index (χ0n) is 15.2. The lowest BCUT2D eigenvalue weighted by Gasteiger charge is -2.22. The van der Waals surface area contributed by atoms with Gasteiger partial charge < -0.3 is 20.6 Å². The van der Waals surface area contributed by atoms with Crippen molar-refractivity contribution in [3.63, 3.8) is 0 Å². The van der Waals surface area contributed by atoms with Gasteiger partial charge in [-0.3, -0.25) is 9.63 Å². The Kier molecular flexibility index (Phi) is 5.80. The number of aliphatic hydroxyl groups is 1. The number of fused-ring (bicyclic) bond motifs is 1. The van der Waals surface area contributed by atoms with Crippen molar-refractivity contribution in [3.8, 4) is 0 Å². The van der Waals surface area contributed by atoms with E-state index in [9.17, 15) is 9.90 Å². The van der Waals surface area contributed by atoms with E-state index in [2.05, 4.69) is 31.7 Å². The van der Waals surface area contributed by atoms with Crippen LogP contribution >= 0.6 is 27.5 Å². The maximum absolute atomic E-state index is 12.8. The van der Waals surface area contributed by atoms with Gasteiger partial charge in [0, 0.05) is 23.1 Å². The number of pyridine rings is 1. The summed E-state index contributed by atoms with van der Waals surface area (Å²) in [6.45, 7) is 3.01. The molecule has 28 heavy (non-hydrogen) atoms. The Hall–Kier alpha value is -2.33. The lowest BCUT2D eigenvalue weighted by atomic mass is 10.1. The van der Waals surface area contributed by atoms with E-state index in [-0.39, 0.29) is 17.2 Å². The van der Waals surface area contributed by atoms with E-state index in [0.29, 0.717) is 22.7 Å². The number of carbonyl (C=O) groups excluding carboxylic acids is 1. The molecule has 0 radical (unpaired) electrons. The van der Waals surface area contributed by atoms with E-state index in [4.69, 9.17) is 22.2 Å². The fourth-order valence-corrected chi connectivity index (χ4v) is 3.04. The SMILES string of the molecule is CC(C)(CO)ONC(=O)c1cn2ccnc2c(Cl)c1Nc1ccc(Br)cc1N. The molecule has 0 saturated heterocycles. The number of amides is 1. The van der Waals surface area contributed by atoms with Crippen molar-refractivity contribution in [2.24, 2.45) is 0 Å². The zero-order valence-corrected chi connectivity index (χ0v) is 17.5. The number of nitrogen functional groups attached to an aromatic ring is 1. The predicted octanol–water partition coefficient (Wildman–Crippen LogP) is 3.51. The van der Waals surface area contributed by atoms with Crippen LogP contribution in [-0.2, 0) is 4.84 Å². The number of benzene rings is 1. The molecule has 0 spiro atoms. The predicted molar refractivity (Wildman–Crippen MR) is 112 cm³/mol. The molecule has 0 aliphatic carbocycles. The highest BCUT2D eigenvalue weighted by Crippen LogP contribution is 2.35. The van der Waals surface area contributed by atoms with Crippen molar-refractivity contribution < 1.29 is 14.7 Å². The Morgan fingerprint density at radius 3 is 2.89 bits per heavy atom. The number of hydrogen-bond acceptors (Lipinski definition) is 6. The molecule has 0 fully saturated rings. The first-order valence-corrected chi connectivity index (χ1v) is 9.45. The summed E-state index contributed by atoms with van der Waals surface area (Å²) in [5.41, 5.74) is 9.54. The van der Waals surface area contributed by atoms with Crippen molar-refractivity contribution in [2.45, 2.75) is 19.4 Å². The average Bonchev–Trinajstić information content (AvgIpc) is 3.12. The topological polar surface area (TPSA) is 114 Å². The minimum absolute atomic E-state index is 0.214. The van der Waals surface area contributed by atoms with Gasteiger partial charge in [0.25, 0.3) is 5.91 Å². The molecule has 0 saturated carbocycles. The van der Waals surface area contributed by atoms with Crippen molar-refractivity contribution >= 4 is 56.1 Å². The van der Waals surface area contributed by atoms with Crippen LogP contribution in [0, 0.1) is 0 Å². The average molecular weight is 469 g/mol. The van der Waals surface area contributed by atoms with E-state index in [1.165, 1.54) is 0 Å². The van der Waals surface area contributed by atoms with E-state index in [1.807, 2.05) is 6.07 Å². The maximum Gasteiger partial charge on any atom is 0.278 e. The standard InChI is InChI=1S/C18H19BrClN5O3/c1-18(2,9-26)28-24-17(27)11-8-25-6-5-22-16(25)14(20)15(11)23-13-4-3-10(19)7-12(13)21/h3-8,23,26H,9,21H2,1-2H3,(H,24,27). The summed E-state index contributed by atoms with van der Waals surface area (Å²) < 4.78 is 2.45. The molecule has 0 atom stereocenters. The molecule has 0 unspecified atom stereocenters. The molecule has 1 amide bonds. The lowest BCUT2D eigenvalue weighted by molar-refractivity contribution is -0.0956. The summed E-state index contributed by atoms with van der Waals surface area (Å²) in [5, 5.41) is 12.7. The highest BCUT2D eigenvalue weighted by atomic mass is 79.9. The first-order valence-electron chi connectivity index (χ1n) is 8.28. The zero-order chi connectivity index (χ0) is 20.5. The van der Waals surface area contributed by atoms with Crippen LogP contribution in [0.5, 0.6) is 0 Å². The number of carbonyl (C=O) groups is 1. The highest BCUT2D eigenvalue weighted by molar-refractivity contribution is 9.10. The molecular weight excluding hydrogens is 450 g/mol. The van der Waals surface area contributed by atoms with Crippen LogP contribution in [0.15, 0.2) is 41.3 Å². The normalized spacial score (nSPS) is 11.6. The smallest absolute Gasteiger partial charge is 0.278 e. The third-order valence-corrected chi connectivity index (χ3v) is 4.79. The molecule has 0 aliphatic heterocycles. The van der Waals surface area contributed by atoms with Gasteiger partial charge in [-0.05, 0) is 32.0 Å². The van der Waals surface area contributed by atoms with E-state index in [1.54, 1.807) is 49.0 Å². The molecule has 2 aromatic heterocycles. The summed E-state index contributed by atoms with van der Waals surface area (Å²) in [6.07, 6.45) is 4.83. The molecule has 10 heteroatoms. The second-order valence-corrected chi connectivity index (χ2v) is 7.99. The summed E-state index contributed by atoms with van der Waals surface area (Å²) in [6, 6.07) is 5.31. The lowest BCUT2D eigenvalue weighted by Crippen LogP contribution is -2.38. The van der Waals surface area contributed by atoms with Gasteiger partial charge in [0.1, 0.15) is 10.6 Å². The number of aromatic nitrogens is 2. The number of anilines is 3.